The number of ether oxygens (including phenoxy) is 2. The van der Waals surface area contributed by atoms with Crippen LogP contribution >= 0.6 is 23.2 Å². The van der Waals surface area contributed by atoms with Crippen molar-refractivity contribution < 1.29 is 18.7 Å². The van der Waals surface area contributed by atoms with Crippen LogP contribution in [0.2, 0.25) is 10.0 Å². The van der Waals surface area contributed by atoms with E-state index in [1.54, 1.807) is 40.8 Å². The number of carbonyl (C=O) groups excluding carboxylic acids is 1. The summed E-state index contributed by atoms with van der Waals surface area (Å²) in [6, 6.07) is 11.4. The van der Waals surface area contributed by atoms with Crippen LogP contribution in [0, 0.1) is 12.7 Å². The summed E-state index contributed by atoms with van der Waals surface area (Å²) in [4.78, 5) is 16.1. The summed E-state index contributed by atoms with van der Waals surface area (Å²) < 4.78 is 26.8. The molecule has 0 aliphatic carbocycles. The van der Waals surface area contributed by atoms with Crippen molar-refractivity contribution in [3.05, 3.63) is 70.1 Å². The molecule has 4 aromatic rings. The summed E-state index contributed by atoms with van der Waals surface area (Å²) in [6.45, 7) is 1.49. The van der Waals surface area contributed by atoms with Gasteiger partial charge in [0.05, 0.1) is 22.8 Å². The maximum atomic E-state index is 14.2. The third kappa shape index (κ3) is 4.53. The lowest BCUT2D eigenvalue weighted by Gasteiger charge is -2.16. The first kappa shape index (κ1) is 22.7. The number of amides is 1. The van der Waals surface area contributed by atoms with Crippen LogP contribution in [0.4, 0.5) is 15.9 Å². The normalized spacial score (nSPS) is 10.9. The van der Waals surface area contributed by atoms with Crippen molar-refractivity contribution in [2.45, 2.75) is 6.92 Å². The highest BCUT2D eigenvalue weighted by Gasteiger charge is 2.23. The Kier molecular flexibility index (Phi) is 6.31. The Labute approximate surface area is 198 Å². The standard InChI is InChI=1S/C23H19Cl2FN4O3/c1-12-8-14(32-2)9-17(33-11-18(27)31)20(12)22-23(29-21-15(24)4-3-5-16(21)25)30-10-13(26)6-7-19(30)28-22/h3-10,29H,11H2,1-2H3,(H2,27,31). The number of nitrogens with two attached hydrogens (primary N) is 1. The SMILES string of the molecule is COc1cc(C)c(-c2nc3ccc(F)cn3c2Nc2c(Cl)cccc2Cl)c(OCC(N)=O)c1. The van der Waals surface area contributed by atoms with Gasteiger partial charge in [-0.3, -0.25) is 9.20 Å². The number of rotatable bonds is 7. The minimum absolute atomic E-state index is 0.322. The van der Waals surface area contributed by atoms with Gasteiger partial charge in [0, 0.05) is 17.8 Å². The molecule has 0 aliphatic heterocycles. The molecule has 0 atom stereocenters. The number of nitrogens with zero attached hydrogens (tertiary/aromatic N) is 2. The molecule has 2 heterocycles. The number of primary amides is 1. The van der Waals surface area contributed by atoms with E-state index in [1.165, 1.54) is 19.4 Å². The predicted octanol–water partition coefficient (Wildman–Crippen LogP) is 5.37. The fourth-order valence-corrected chi connectivity index (χ4v) is 3.95. The van der Waals surface area contributed by atoms with Gasteiger partial charge in [0.1, 0.15) is 34.5 Å². The van der Waals surface area contributed by atoms with Crippen LogP contribution in [-0.2, 0) is 4.79 Å². The maximum absolute atomic E-state index is 14.2. The summed E-state index contributed by atoms with van der Waals surface area (Å²) in [5.74, 6) is 0.143. The second-order valence-electron chi connectivity index (χ2n) is 7.18. The quantitative estimate of drug-likeness (QED) is 0.364. The molecule has 0 saturated carbocycles. The van der Waals surface area contributed by atoms with Gasteiger partial charge in [-0.1, -0.05) is 29.3 Å². The molecule has 0 radical (unpaired) electrons. The van der Waals surface area contributed by atoms with Crippen molar-refractivity contribution in [1.82, 2.24) is 9.38 Å². The Hall–Kier alpha value is -3.49. The molecule has 170 valence electrons. The van der Waals surface area contributed by atoms with Crippen molar-refractivity contribution in [2.75, 3.05) is 19.0 Å². The molecule has 10 heteroatoms. The van der Waals surface area contributed by atoms with Crippen LogP contribution < -0.4 is 20.5 Å². The predicted molar refractivity (Wildman–Crippen MR) is 126 cm³/mol. The first-order chi connectivity index (χ1) is 15.8. The van der Waals surface area contributed by atoms with Gasteiger partial charge >= 0.3 is 0 Å². The number of aromatic nitrogens is 2. The lowest BCUT2D eigenvalue weighted by Crippen LogP contribution is -2.20. The Morgan fingerprint density at radius 3 is 2.61 bits per heavy atom. The molecule has 33 heavy (non-hydrogen) atoms. The fourth-order valence-electron chi connectivity index (χ4n) is 3.46. The molecule has 2 aromatic heterocycles. The summed E-state index contributed by atoms with van der Waals surface area (Å²) in [6.07, 6.45) is 1.29. The maximum Gasteiger partial charge on any atom is 0.255 e. The highest BCUT2D eigenvalue weighted by molar-refractivity contribution is 6.39. The fraction of sp³-hybridized carbons (Fsp3) is 0.130. The molecule has 0 aliphatic rings. The third-order valence-electron chi connectivity index (χ3n) is 4.90. The van der Waals surface area contributed by atoms with Gasteiger partial charge in [-0.25, -0.2) is 9.37 Å². The highest BCUT2D eigenvalue weighted by Crippen LogP contribution is 2.42. The lowest BCUT2D eigenvalue weighted by atomic mass is 10.0. The van der Waals surface area contributed by atoms with Crippen molar-refractivity contribution in [3.63, 3.8) is 0 Å². The number of anilines is 2. The smallest absolute Gasteiger partial charge is 0.255 e. The minimum Gasteiger partial charge on any atom is -0.497 e. The first-order valence-electron chi connectivity index (χ1n) is 9.77. The molecule has 1 amide bonds. The Balaban J connectivity index is 1.98. The van der Waals surface area contributed by atoms with E-state index in [2.05, 4.69) is 5.32 Å². The Morgan fingerprint density at radius 2 is 1.94 bits per heavy atom. The molecule has 0 spiro atoms. The van der Waals surface area contributed by atoms with E-state index >= 15 is 0 Å². The summed E-state index contributed by atoms with van der Waals surface area (Å²) >= 11 is 12.7. The number of fused-ring (bicyclic) bond motifs is 1. The topological polar surface area (TPSA) is 90.9 Å². The number of para-hydroxylation sites is 1. The average Bonchev–Trinajstić information content (AvgIpc) is 3.11. The third-order valence-corrected chi connectivity index (χ3v) is 5.53. The van der Waals surface area contributed by atoms with Crippen LogP contribution in [-0.4, -0.2) is 29.0 Å². The Bertz CT molecular complexity index is 1350. The van der Waals surface area contributed by atoms with E-state index in [0.29, 0.717) is 50.0 Å². The van der Waals surface area contributed by atoms with Gasteiger partial charge in [-0.2, -0.15) is 0 Å². The number of imidazole rings is 1. The Morgan fingerprint density at radius 1 is 1.21 bits per heavy atom. The zero-order valence-electron chi connectivity index (χ0n) is 17.7. The van der Waals surface area contributed by atoms with Gasteiger partial charge in [0.15, 0.2) is 6.61 Å². The lowest BCUT2D eigenvalue weighted by molar-refractivity contribution is -0.119. The van der Waals surface area contributed by atoms with E-state index in [9.17, 15) is 9.18 Å². The van der Waals surface area contributed by atoms with E-state index in [-0.39, 0.29) is 6.61 Å². The van der Waals surface area contributed by atoms with Gasteiger partial charge in [0.2, 0.25) is 0 Å². The van der Waals surface area contributed by atoms with Gasteiger partial charge < -0.3 is 20.5 Å². The minimum atomic E-state index is -0.639. The second-order valence-corrected chi connectivity index (χ2v) is 7.99. The van der Waals surface area contributed by atoms with E-state index in [0.717, 1.165) is 5.56 Å². The summed E-state index contributed by atoms with van der Waals surface area (Å²) in [5, 5.41) is 3.94. The summed E-state index contributed by atoms with van der Waals surface area (Å²) in [5.41, 5.74) is 7.91. The molecule has 0 saturated heterocycles. The van der Waals surface area contributed by atoms with Crippen LogP contribution in [0.1, 0.15) is 5.56 Å². The average molecular weight is 489 g/mol. The zero-order valence-corrected chi connectivity index (χ0v) is 19.2. The molecular formula is C23H19Cl2FN4O3. The number of pyridine rings is 1. The number of carbonyl (C=O) groups is 1. The number of hydrogen-bond donors (Lipinski definition) is 2. The van der Waals surface area contributed by atoms with Crippen molar-refractivity contribution in [1.29, 1.82) is 0 Å². The van der Waals surface area contributed by atoms with Crippen LogP contribution in [0.25, 0.3) is 16.9 Å². The van der Waals surface area contributed by atoms with Crippen LogP contribution in [0.3, 0.4) is 0 Å². The monoisotopic (exact) mass is 488 g/mol. The van der Waals surface area contributed by atoms with Crippen molar-refractivity contribution >= 4 is 46.3 Å². The van der Waals surface area contributed by atoms with Crippen molar-refractivity contribution in [2.24, 2.45) is 5.73 Å². The molecule has 7 nitrogen and oxygen atoms in total. The molecule has 0 bridgehead atoms. The van der Waals surface area contributed by atoms with E-state index in [1.807, 2.05) is 6.92 Å². The number of benzene rings is 2. The van der Waals surface area contributed by atoms with Gasteiger partial charge in [-0.15, -0.1) is 0 Å². The molecular weight excluding hydrogens is 470 g/mol. The number of halogens is 3. The molecule has 0 unspecified atom stereocenters. The van der Waals surface area contributed by atoms with Gasteiger partial charge in [-0.05, 0) is 42.8 Å². The number of methoxy groups -OCH3 is 1. The van der Waals surface area contributed by atoms with Gasteiger partial charge in [0.25, 0.3) is 5.91 Å². The van der Waals surface area contributed by atoms with Crippen molar-refractivity contribution in [3.8, 4) is 22.8 Å². The second kappa shape index (κ2) is 9.17. The molecule has 4 rings (SSSR count). The molecule has 3 N–H and O–H groups in total. The number of hydrogen-bond acceptors (Lipinski definition) is 5. The zero-order chi connectivity index (χ0) is 23.7. The van der Waals surface area contributed by atoms with Crippen LogP contribution in [0.15, 0.2) is 48.7 Å². The highest BCUT2D eigenvalue weighted by atomic mass is 35.5. The number of aryl methyl sites for hydroxylation is 1. The van der Waals surface area contributed by atoms with E-state index in [4.69, 9.17) is 43.4 Å². The molecule has 2 aromatic carbocycles. The summed E-state index contributed by atoms with van der Waals surface area (Å²) in [7, 11) is 1.52. The van der Waals surface area contributed by atoms with E-state index < -0.39 is 11.7 Å². The largest absolute Gasteiger partial charge is 0.497 e. The van der Waals surface area contributed by atoms with Crippen LogP contribution in [0.5, 0.6) is 11.5 Å². The molecule has 0 fully saturated rings. The number of nitrogens with one attached hydrogen (secondary N) is 1. The first-order valence-corrected chi connectivity index (χ1v) is 10.5.